The Morgan fingerprint density at radius 2 is 1.84 bits per heavy atom. The second-order valence-electron chi connectivity index (χ2n) is 6.13. The zero-order chi connectivity index (χ0) is 17.0. The lowest BCUT2D eigenvalue weighted by Gasteiger charge is -2.33. The summed E-state index contributed by atoms with van der Waals surface area (Å²) >= 11 is 0. The Morgan fingerprint density at radius 3 is 2.64 bits per heavy atom. The third kappa shape index (κ3) is 2.02. The number of hydrogen-bond donors (Lipinski definition) is 0. The smallest absolute Gasteiger partial charge is 0.231 e. The summed E-state index contributed by atoms with van der Waals surface area (Å²) in [6, 6.07) is 8.12. The molecule has 5 heteroatoms. The molecule has 0 atom stereocenters. The zero-order valence-electron chi connectivity index (χ0n) is 14.0. The van der Waals surface area contributed by atoms with Gasteiger partial charge in [0.05, 0.1) is 20.8 Å². The van der Waals surface area contributed by atoms with Gasteiger partial charge in [0.1, 0.15) is 0 Å². The molecule has 0 radical (unpaired) electrons. The fraction of sp³-hybridized carbons (Fsp3) is 0.200. The third-order valence-electron chi connectivity index (χ3n) is 4.87. The molecule has 25 heavy (non-hydrogen) atoms. The van der Waals surface area contributed by atoms with Gasteiger partial charge in [-0.15, -0.1) is 0 Å². The molecule has 5 rings (SSSR count). The van der Waals surface area contributed by atoms with E-state index >= 15 is 0 Å². The summed E-state index contributed by atoms with van der Waals surface area (Å²) in [6.45, 7) is 1.01. The lowest BCUT2D eigenvalue weighted by molar-refractivity contribution is 0.174. The number of methoxy groups -OCH3 is 2. The lowest BCUT2D eigenvalue weighted by atomic mass is 9.92. The van der Waals surface area contributed by atoms with Gasteiger partial charge < -0.3 is 23.8 Å². The highest BCUT2D eigenvalue weighted by molar-refractivity contribution is 5.91. The van der Waals surface area contributed by atoms with Crippen molar-refractivity contribution in [2.24, 2.45) is 0 Å². The molecule has 0 saturated carbocycles. The van der Waals surface area contributed by atoms with Gasteiger partial charge in [-0.3, -0.25) is 0 Å². The molecule has 3 aliphatic heterocycles. The molecule has 2 aromatic rings. The fourth-order valence-corrected chi connectivity index (χ4v) is 3.64. The third-order valence-corrected chi connectivity index (χ3v) is 4.87. The van der Waals surface area contributed by atoms with E-state index in [0.717, 1.165) is 57.5 Å². The Bertz CT molecular complexity index is 945. The molecule has 0 aromatic heterocycles. The number of fused-ring (bicyclic) bond motifs is 5. The highest BCUT2D eigenvalue weighted by Crippen LogP contribution is 2.45. The van der Waals surface area contributed by atoms with Crippen LogP contribution in [0.15, 0.2) is 30.5 Å². The van der Waals surface area contributed by atoms with Crippen LogP contribution in [0, 0.1) is 0 Å². The quantitative estimate of drug-likeness (QED) is 0.836. The highest BCUT2D eigenvalue weighted by Gasteiger charge is 2.28. The van der Waals surface area contributed by atoms with E-state index in [1.165, 1.54) is 0 Å². The van der Waals surface area contributed by atoms with E-state index in [0.29, 0.717) is 0 Å². The van der Waals surface area contributed by atoms with Crippen LogP contribution in [0.25, 0.3) is 17.8 Å². The normalized spacial score (nSPS) is 15.9. The van der Waals surface area contributed by atoms with Gasteiger partial charge in [-0.1, -0.05) is 6.07 Å². The van der Waals surface area contributed by atoms with Crippen LogP contribution in [-0.4, -0.2) is 25.9 Å². The predicted octanol–water partition coefficient (Wildman–Crippen LogP) is 3.73. The first-order valence-electron chi connectivity index (χ1n) is 8.13. The van der Waals surface area contributed by atoms with Crippen LogP contribution >= 0.6 is 0 Å². The predicted molar refractivity (Wildman–Crippen MR) is 94.6 cm³/mol. The average Bonchev–Trinajstić information content (AvgIpc) is 3.11. The van der Waals surface area contributed by atoms with Crippen LogP contribution in [0.4, 0.5) is 0 Å². The van der Waals surface area contributed by atoms with Crippen LogP contribution in [0.3, 0.4) is 0 Å². The molecule has 3 aliphatic rings. The number of rotatable bonds is 2. The summed E-state index contributed by atoms with van der Waals surface area (Å²) in [5, 5.41) is 0. The second-order valence-corrected chi connectivity index (χ2v) is 6.13. The van der Waals surface area contributed by atoms with Gasteiger partial charge >= 0.3 is 0 Å². The molecule has 0 fully saturated rings. The second kappa shape index (κ2) is 5.21. The molecule has 0 spiro atoms. The van der Waals surface area contributed by atoms with Gasteiger partial charge in [-0.2, -0.15) is 0 Å². The van der Waals surface area contributed by atoms with E-state index in [2.05, 4.69) is 35.4 Å². The van der Waals surface area contributed by atoms with Crippen LogP contribution in [0.5, 0.6) is 23.0 Å². The molecule has 0 bridgehead atoms. The standard InChI is InChI=1S/C20H17NO4/c1-22-17-4-3-12-7-16-14-9-19-18(24-11-25-19)8-13(14)5-6-21(16)10-15(12)20(17)23-2/h3-9H,10-11H2,1-2H3. The molecule has 0 N–H and O–H groups in total. The molecule has 3 heterocycles. The van der Waals surface area contributed by atoms with Crippen molar-refractivity contribution in [2.45, 2.75) is 6.54 Å². The first kappa shape index (κ1) is 14.3. The van der Waals surface area contributed by atoms with Crippen molar-refractivity contribution in [3.63, 3.8) is 0 Å². The van der Waals surface area contributed by atoms with Crippen molar-refractivity contribution in [3.05, 3.63) is 52.7 Å². The maximum Gasteiger partial charge on any atom is 0.231 e. The molecule has 2 aromatic carbocycles. The van der Waals surface area contributed by atoms with E-state index in [1.54, 1.807) is 14.2 Å². The molecular weight excluding hydrogens is 318 g/mol. The molecule has 5 nitrogen and oxygen atoms in total. The molecule has 0 unspecified atom stereocenters. The topological polar surface area (TPSA) is 40.2 Å². The fourth-order valence-electron chi connectivity index (χ4n) is 3.64. The maximum atomic E-state index is 5.60. The number of ether oxygens (including phenoxy) is 4. The monoisotopic (exact) mass is 335 g/mol. The van der Waals surface area contributed by atoms with Gasteiger partial charge in [0, 0.05) is 23.0 Å². The minimum Gasteiger partial charge on any atom is -0.493 e. The molecule has 0 saturated heterocycles. The Labute approximate surface area is 145 Å². The van der Waals surface area contributed by atoms with E-state index < -0.39 is 0 Å². The zero-order valence-corrected chi connectivity index (χ0v) is 14.0. The van der Waals surface area contributed by atoms with Crippen LogP contribution in [0.1, 0.15) is 22.3 Å². The van der Waals surface area contributed by atoms with Crippen molar-refractivity contribution in [3.8, 4) is 23.0 Å². The Morgan fingerprint density at radius 1 is 1.00 bits per heavy atom. The van der Waals surface area contributed by atoms with Gasteiger partial charge in [0.2, 0.25) is 6.79 Å². The number of benzene rings is 2. The van der Waals surface area contributed by atoms with E-state index in [1.807, 2.05) is 12.1 Å². The first-order valence-corrected chi connectivity index (χ1v) is 8.13. The minimum atomic E-state index is 0.282. The molecule has 0 aliphatic carbocycles. The van der Waals surface area contributed by atoms with Crippen LogP contribution in [0.2, 0.25) is 0 Å². The lowest BCUT2D eigenvalue weighted by Crippen LogP contribution is -2.22. The van der Waals surface area contributed by atoms with E-state index in [-0.39, 0.29) is 6.79 Å². The van der Waals surface area contributed by atoms with Crippen molar-refractivity contribution < 1.29 is 18.9 Å². The molecular formula is C20H17NO4. The Balaban J connectivity index is 1.68. The largest absolute Gasteiger partial charge is 0.493 e. The van der Waals surface area contributed by atoms with Crippen molar-refractivity contribution >= 4 is 17.8 Å². The average molecular weight is 335 g/mol. The number of nitrogens with zero attached hydrogens (tertiary/aromatic N) is 1. The van der Waals surface area contributed by atoms with Crippen molar-refractivity contribution in [1.29, 1.82) is 0 Å². The highest BCUT2D eigenvalue weighted by atomic mass is 16.7. The Hall–Kier alpha value is -3.08. The summed E-state index contributed by atoms with van der Waals surface area (Å²) in [5.74, 6) is 3.15. The minimum absolute atomic E-state index is 0.282. The summed E-state index contributed by atoms with van der Waals surface area (Å²) in [4.78, 5) is 2.22. The molecule has 126 valence electrons. The van der Waals surface area contributed by atoms with Crippen molar-refractivity contribution in [2.75, 3.05) is 21.0 Å². The van der Waals surface area contributed by atoms with E-state index in [4.69, 9.17) is 18.9 Å². The summed E-state index contributed by atoms with van der Waals surface area (Å²) in [7, 11) is 3.34. The number of hydrogen-bond acceptors (Lipinski definition) is 5. The summed E-state index contributed by atoms with van der Waals surface area (Å²) in [6.07, 6.45) is 6.38. The summed E-state index contributed by atoms with van der Waals surface area (Å²) < 4.78 is 22.1. The van der Waals surface area contributed by atoms with Gasteiger partial charge in [-0.05, 0) is 41.5 Å². The van der Waals surface area contributed by atoms with Gasteiger partial charge in [0.15, 0.2) is 23.0 Å². The molecule has 0 amide bonds. The van der Waals surface area contributed by atoms with Gasteiger partial charge in [0.25, 0.3) is 0 Å². The van der Waals surface area contributed by atoms with Gasteiger partial charge in [-0.25, -0.2) is 0 Å². The Kier molecular flexibility index (Phi) is 2.98. The van der Waals surface area contributed by atoms with Crippen LogP contribution < -0.4 is 18.9 Å². The SMILES string of the molecule is COc1ccc2c(c1OC)CN1C=Cc3cc4c(cc3C1=C2)OCO4. The first-order chi connectivity index (χ1) is 12.3. The summed E-state index contributed by atoms with van der Waals surface area (Å²) in [5.41, 5.74) is 5.70. The van der Waals surface area contributed by atoms with E-state index in [9.17, 15) is 0 Å². The van der Waals surface area contributed by atoms with Crippen LogP contribution in [-0.2, 0) is 6.54 Å². The maximum absolute atomic E-state index is 5.60. The van der Waals surface area contributed by atoms with Crippen molar-refractivity contribution in [1.82, 2.24) is 4.90 Å².